The number of hydrogen-bond donors (Lipinski definition) is 1. The van der Waals surface area contributed by atoms with Gasteiger partial charge >= 0.3 is 0 Å². The predicted octanol–water partition coefficient (Wildman–Crippen LogP) is 3.52. The number of piperidine rings is 2. The molecule has 0 aromatic heterocycles. The number of fused-ring (bicyclic) bond motifs is 1. The van der Waals surface area contributed by atoms with Crippen LogP contribution in [0.15, 0.2) is 0 Å². The van der Waals surface area contributed by atoms with E-state index in [-0.39, 0.29) is 0 Å². The largest absolute Gasteiger partial charge is 0.316 e. The molecule has 116 valence electrons. The zero-order chi connectivity index (χ0) is 14.0. The van der Waals surface area contributed by atoms with Crippen molar-refractivity contribution in [3.05, 3.63) is 0 Å². The lowest BCUT2D eigenvalue weighted by molar-refractivity contribution is 0.0369. The molecule has 0 radical (unpaired) electrons. The van der Waals surface area contributed by atoms with Gasteiger partial charge in [0, 0.05) is 13.1 Å². The second kappa shape index (κ2) is 6.36. The molecule has 3 fully saturated rings. The summed E-state index contributed by atoms with van der Waals surface area (Å²) in [5.74, 6) is 2.97. The smallest absolute Gasteiger partial charge is 0.00359 e. The van der Waals surface area contributed by atoms with E-state index in [4.69, 9.17) is 0 Å². The Balaban J connectivity index is 1.54. The van der Waals surface area contributed by atoms with E-state index in [0.29, 0.717) is 5.41 Å². The lowest BCUT2D eigenvalue weighted by Crippen LogP contribution is -2.49. The number of nitrogens with zero attached hydrogens (tertiary/aromatic N) is 1. The maximum Gasteiger partial charge on any atom is 0.00359 e. The van der Waals surface area contributed by atoms with Crippen molar-refractivity contribution in [2.24, 2.45) is 23.2 Å². The van der Waals surface area contributed by atoms with E-state index >= 15 is 0 Å². The average molecular weight is 278 g/mol. The van der Waals surface area contributed by atoms with Crippen LogP contribution in [0.3, 0.4) is 0 Å². The van der Waals surface area contributed by atoms with Crippen LogP contribution in [0.25, 0.3) is 0 Å². The van der Waals surface area contributed by atoms with Crippen LogP contribution in [-0.2, 0) is 0 Å². The van der Waals surface area contributed by atoms with Gasteiger partial charge in [-0.25, -0.2) is 0 Å². The summed E-state index contributed by atoms with van der Waals surface area (Å²) in [5, 5.41) is 3.60. The van der Waals surface area contributed by atoms with E-state index < -0.39 is 0 Å². The molecule has 2 heterocycles. The minimum Gasteiger partial charge on any atom is -0.316 e. The Morgan fingerprint density at radius 3 is 2.55 bits per heavy atom. The number of likely N-dealkylation sites (tertiary alicyclic amines) is 1. The van der Waals surface area contributed by atoms with Crippen molar-refractivity contribution in [2.75, 3.05) is 32.7 Å². The average Bonchev–Trinajstić information content (AvgIpc) is 2.48. The third-order valence-electron chi connectivity index (χ3n) is 6.41. The lowest BCUT2D eigenvalue weighted by Gasteiger charge is -2.46. The first-order chi connectivity index (χ1) is 9.65. The van der Waals surface area contributed by atoms with Gasteiger partial charge in [-0.2, -0.15) is 0 Å². The van der Waals surface area contributed by atoms with Crippen molar-refractivity contribution in [1.29, 1.82) is 0 Å². The van der Waals surface area contributed by atoms with Crippen molar-refractivity contribution in [3.63, 3.8) is 0 Å². The number of nitrogens with one attached hydrogen (secondary N) is 1. The zero-order valence-electron chi connectivity index (χ0n) is 13.7. The van der Waals surface area contributed by atoms with Gasteiger partial charge in [0.15, 0.2) is 0 Å². The van der Waals surface area contributed by atoms with Gasteiger partial charge in [0.1, 0.15) is 0 Å². The highest BCUT2D eigenvalue weighted by Crippen LogP contribution is 2.38. The number of rotatable bonds is 3. The Labute approximate surface area is 125 Å². The minimum atomic E-state index is 0.481. The highest BCUT2D eigenvalue weighted by Gasteiger charge is 2.36. The summed E-state index contributed by atoms with van der Waals surface area (Å²) in [6.07, 6.45) is 10.3. The first-order valence-electron chi connectivity index (χ1n) is 9.08. The molecule has 3 rings (SSSR count). The standard InChI is InChI=1S/C18H34N2/c1-18(2,17-8-5-10-19-12-17)14-20-11-9-15-6-3-4-7-16(15)13-20/h15-17,19H,3-14H2,1-2H3. The van der Waals surface area contributed by atoms with Gasteiger partial charge < -0.3 is 10.2 Å². The van der Waals surface area contributed by atoms with Gasteiger partial charge in [-0.15, -0.1) is 0 Å². The van der Waals surface area contributed by atoms with Crippen molar-refractivity contribution in [2.45, 2.75) is 58.8 Å². The molecular formula is C18H34N2. The van der Waals surface area contributed by atoms with Gasteiger partial charge in [-0.3, -0.25) is 0 Å². The van der Waals surface area contributed by atoms with E-state index in [2.05, 4.69) is 24.1 Å². The molecule has 1 saturated carbocycles. The van der Waals surface area contributed by atoms with Gasteiger partial charge in [0.25, 0.3) is 0 Å². The molecule has 2 saturated heterocycles. The quantitative estimate of drug-likeness (QED) is 0.849. The molecule has 3 atom stereocenters. The van der Waals surface area contributed by atoms with E-state index in [1.807, 2.05) is 0 Å². The highest BCUT2D eigenvalue weighted by molar-refractivity contribution is 4.89. The molecule has 0 aromatic rings. The van der Waals surface area contributed by atoms with Crippen LogP contribution < -0.4 is 5.32 Å². The zero-order valence-corrected chi connectivity index (χ0v) is 13.7. The summed E-state index contributed by atoms with van der Waals surface area (Å²) < 4.78 is 0. The van der Waals surface area contributed by atoms with Crippen LogP contribution in [0.4, 0.5) is 0 Å². The molecule has 2 nitrogen and oxygen atoms in total. The second-order valence-corrected chi connectivity index (χ2v) is 8.36. The minimum absolute atomic E-state index is 0.481. The summed E-state index contributed by atoms with van der Waals surface area (Å²) in [4.78, 5) is 2.81. The van der Waals surface area contributed by atoms with E-state index in [9.17, 15) is 0 Å². The lowest BCUT2D eigenvalue weighted by atomic mass is 9.72. The molecule has 1 aliphatic carbocycles. The van der Waals surface area contributed by atoms with Crippen LogP contribution in [0.1, 0.15) is 58.8 Å². The van der Waals surface area contributed by atoms with Crippen LogP contribution in [-0.4, -0.2) is 37.6 Å². The fraction of sp³-hybridized carbons (Fsp3) is 1.00. The van der Waals surface area contributed by atoms with Crippen molar-refractivity contribution < 1.29 is 0 Å². The highest BCUT2D eigenvalue weighted by atomic mass is 15.1. The first-order valence-corrected chi connectivity index (χ1v) is 9.08. The topological polar surface area (TPSA) is 15.3 Å². The third kappa shape index (κ3) is 3.39. The molecule has 2 aliphatic heterocycles. The molecule has 0 amide bonds. The summed E-state index contributed by atoms with van der Waals surface area (Å²) in [6.45, 7) is 11.6. The van der Waals surface area contributed by atoms with E-state index in [0.717, 1.165) is 17.8 Å². The normalized spacial score (nSPS) is 36.6. The Morgan fingerprint density at radius 2 is 1.80 bits per heavy atom. The van der Waals surface area contributed by atoms with E-state index in [1.165, 1.54) is 77.7 Å². The fourth-order valence-corrected chi connectivity index (χ4v) is 5.04. The monoisotopic (exact) mass is 278 g/mol. The molecule has 0 aromatic carbocycles. The molecule has 20 heavy (non-hydrogen) atoms. The van der Waals surface area contributed by atoms with E-state index in [1.54, 1.807) is 0 Å². The van der Waals surface area contributed by atoms with Crippen molar-refractivity contribution >= 4 is 0 Å². The third-order valence-corrected chi connectivity index (χ3v) is 6.41. The summed E-state index contributed by atoms with van der Waals surface area (Å²) in [7, 11) is 0. The molecule has 2 heteroatoms. The predicted molar refractivity (Wildman–Crippen MR) is 85.9 cm³/mol. The SMILES string of the molecule is CC(C)(CN1CCC2CCCCC2C1)C1CCCNC1. The Bertz CT molecular complexity index is 307. The van der Waals surface area contributed by atoms with Gasteiger partial charge in [-0.05, 0) is 68.5 Å². The summed E-state index contributed by atoms with van der Waals surface area (Å²) in [6, 6.07) is 0. The van der Waals surface area contributed by atoms with Crippen molar-refractivity contribution in [1.82, 2.24) is 10.2 Å². The van der Waals surface area contributed by atoms with Crippen LogP contribution in [0.2, 0.25) is 0 Å². The Morgan fingerprint density at radius 1 is 1.00 bits per heavy atom. The second-order valence-electron chi connectivity index (χ2n) is 8.36. The fourth-order valence-electron chi connectivity index (χ4n) is 5.04. The molecule has 1 N–H and O–H groups in total. The first kappa shape index (κ1) is 14.8. The summed E-state index contributed by atoms with van der Waals surface area (Å²) in [5.41, 5.74) is 0.481. The molecule has 3 aliphatic rings. The molecular weight excluding hydrogens is 244 g/mol. The van der Waals surface area contributed by atoms with Crippen molar-refractivity contribution in [3.8, 4) is 0 Å². The van der Waals surface area contributed by atoms with Crippen LogP contribution in [0.5, 0.6) is 0 Å². The van der Waals surface area contributed by atoms with Crippen LogP contribution >= 0.6 is 0 Å². The van der Waals surface area contributed by atoms with Crippen LogP contribution in [0, 0.1) is 23.2 Å². The van der Waals surface area contributed by atoms with Gasteiger partial charge in [0.05, 0.1) is 0 Å². The van der Waals surface area contributed by atoms with Gasteiger partial charge in [0.2, 0.25) is 0 Å². The Hall–Kier alpha value is -0.0800. The molecule has 3 unspecified atom stereocenters. The maximum absolute atomic E-state index is 3.60. The maximum atomic E-state index is 3.60. The van der Waals surface area contributed by atoms with Gasteiger partial charge in [-0.1, -0.05) is 33.1 Å². The number of hydrogen-bond acceptors (Lipinski definition) is 2. The molecule has 0 spiro atoms. The molecule has 0 bridgehead atoms. The Kier molecular flexibility index (Phi) is 4.72. The summed E-state index contributed by atoms with van der Waals surface area (Å²) >= 11 is 0.